The summed E-state index contributed by atoms with van der Waals surface area (Å²) < 4.78 is 29.5. The summed E-state index contributed by atoms with van der Waals surface area (Å²) in [6.07, 6.45) is 1.75. The van der Waals surface area contributed by atoms with Gasteiger partial charge in [0.25, 0.3) is 10.1 Å². The molecule has 1 N–H and O–H groups in total. The fourth-order valence-corrected chi connectivity index (χ4v) is 2.37. The zero-order chi connectivity index (χ0) is 9.12. The molecule has 0 aromatic heterocycles. The Morgan fingerprint density at radius 3 is 2.09 bits per heavy atom. The molecule has 0 rings (SSSR count). The minimum Gasteiger partial charge on any atom is -0.286 e. The summed E-state index contributed by atoms with van der Waals surface area (Å²) in [6.45, 7) is 5.67. The molecular weight excluding hydrogens is 164 g/mol. The van der Waals surface area contributed by atoms with Gasteiger partial charge in [-0.15, -0.1) is 0 Å². The average Bonchev–Trinajstić information content (AvgIpc) is 1.55. The van der Waals surface area contributed by atoms with Crippen molar-refractivity contribution in [3.8, 4) is 0 Å². The van der Waals surface area contributed by atoms with Crippen LogP contribution in [0.2, 0.25) is 0 Å². The second-order valence-electron chi connectivity index (χ2n) is 3.64. The van der Waals surface area contributed by atoms with E-state index in [0.29, 0.717) is 0 Å². The van der Waals surface area contributed by atoms with Crippen LogP contribution in [0.1, 0.15) is 33.6 Å². The van der Waals surface area contributed by atoms with Crippen LogP contribution in [0.3, 0.4) is 0 Å². The van der Waals surface area contributed by atoms with Gasteiger partial charge in [0.05, 0.1) is 5.75 Å². The summed E-state index contributed by atoms with van der Waals surface area (Å²) in [5.74, 6) is -0.145. The van der Waals surface area contributed by atoms with Gasteiger partial charge in [-0.25, -0.2) is 0 Å². The van der Waals surface area contributed by atoms with E-state index < -0.39 is 10.1 Å². The molecule has 0 saturated heterocycles. The van der Waals surface area contributed by atoms with Gasteiger partial charge < -0.3 is 0 Å². The first-order chi connectivity index (χ1) is 4.77. The average molecular weight is 180 g/mol. The molecule has 0 atom stereocenters. The highest BCUT2D eigenvalue weighted by Gasteiger charge is 2.23. The maximum Gasteiger partial charge on any atom is 0.265 e. The minimum atomic E-state index is -3.80. The molecule has 0 aliphatic carbocycles. The topological polar surface area (TPSA) is 54.4 Å². The van der Waals surface area contributed by atoms with Crippen molar-refractivity contribution in [1.29, 1.82) is 0 Å². The molecule has 11 heavy (non-hydrogen) atoms. The third-order valence-corrected chi connectivity index (χ3v) is 2.65. The van der Waals surface area contributed by atoms with E-state index in [1.807, 2.05) is 20.8 Å². The summed E-state index contributed by atoms with van der Waals surface area (Å²) in [5, 5.41) is 0. The fraction of sp³-hybridized carbons (Fsp3) is 1.00. The monoisotopic (exact) mass is 180 g/mol. The van der Waals surface area contributed by atoms with E-state index in [-0.39, 0.29) is 11.2 Å². The van der Waals surface area contributed by atoms with Crippen LogP contribution in [0.15, 0.2) is 0 Å². The van der Waals surface area contributed by atoms with Gasteiger partial charge in [0, 0.05) is 0 Å². The summed E-state index contributed by atoms with van der Waals surface area (Å²) in [7, 11) is -3.80. The number of hydrogen-bond acceptors (Lipinski definition) is 2. The lowest BCUT2D eigenvalue weighted by Gasteiger charge is -2.21. The van der Waals surface area contributed by atoms with E-state index in [2.05, 4.69) is 0 Å². The van der Waals surface area contributed by atoms with Crippen molar-refractivity contribution in [3.05, 3.63) is 0 Å². The van der Waals surface area contributed by atoms with Crippen LogP contribution in [0, 0.1) is 5.41 Å². The predicted molar refractivity (Wildman–Crippen MR) is 45.1 cm³/mol. The van der Waals surface area contributed by atoms with Crippen LogP contribution in [-0.2, 0) is 10.1 Å². The fourth-order valence-electron chi connectivity index (χ4n) is 1.24. The number of hydrogen-bond donors (Lipinski definition) is 1. The van der Waals surface area contributed by atoms with E-state index in [1.165, 1.54) is 0 Å². The van der Waals surface area contributed by atoms with Gasteiger partial charge in [0.15, 0.2) is 0 Å². The van der Waals surface area contributed by atoms with Gasteiger partial charge in [0.1, 0.15) is 0 Å². The van der Waals surface area contributed by atoms with Crippen molar-refractivity contribution < 1.29 is 13.0 Å². The standard InChI is InChI=1S/C7H16O3S/c1-4-5-7(2,3)6-11(8,9)10/h4-6H2,1-3H3,(H,8,9,10). The first-order valence-electron chi connectivity index (χ1n) is 3.72. The molecule has 0 spiro atoms. The van der Waals surface area contributed by atoms with Crippen molar-refractivity contribution in [2.24, 2.45) is 5.41 Å². The lowest BCUT2D eigenvalue weighted by molar-refractivity contribution is 0.358. The van der Waals surface area contributed by atoms with Crippen molar-refractivity contribution in [2.45, 2.75) is 33.6 Å². The molecule has 0 aromatic carbocycles. The van der Waals surface area contributed by atoms with Gasteiger partial charge in [-0.1, -0.05) is 27.2 Å². The van der Waals surface area contributed by atoms with E-state index in [4.69, 9.17) is 4.55 Å². The zero-order valence-corrected chi connectivity index (χ0v) is 8.11. The molecule has 0 aromatic rings. The molecule has 3 nitrogen and oxygen atoms in total. The summed E-state index contributed by atoms with van der Waals surface area (Å²) in [5.41, 5.74) is -0.303. The van der Waals surface area contributed by atoms with Crippen LogP contribution in [0.25, 0.3) is 0 Å². The molecule has 0 fully saturated rings. The Balaban J connectivity index is 4.13. The molecular formula is C7H16O3S. The highest BCUT2D eigenvalue weighted by molar-refractivity contribution is 7.85. The Labute approximate surface area is 68.6 Å². The lowest BCUT2D eigenvalue weighted by atomic mass is 9.91. The van der Waals surface area contributed by atoms with E-state index in [9.17, 15) is 8.42 Å². The van der Waals surface area contributed by atoms with E-state index >= 15 is 0 Å². The van der Waals surface area contributed by atoms with Crippen molar-refractivity contribution in [3.63, 3.8) is 0 Å². The third kappa shape index (κ3) is 6.31. The smallest absolute Gasteiger partial charge is 0.265 e. The Hall–Kier alpha value is -0.0900. The Bertz CT molecular complexity index is 204. The molecule has 68 valence electrons. The second-order valence-corrected chi connectivity index (χ2v) is 5.09. The molecule has 0 heterocycles. The van der Waals surface area contributed by atoms with Crippen LogP contribution in [0.5, 0.6) is 0 Å². The van der Waals surface area contributed by atoms with Gasteiger partial charge in [-0.2, -0.15) is 8.42 Å². The molecule has 0 radical (unpaired) electrons. The van der Waals surface area contributed by atoms with Crippen molar-refractivity contribution in [1.82, 2.24) is 0 Å². The normalized spacial score (nSPS) is 13.5. The molecule has 0 unspecified atom stereocenters. The molecule has 0 aliphatic rings. The Morgan fingerprint density at radius 2 is 1.82 bits per heavy atom. The van der Waals surface area contributed by atoms with Crippen molar-refractivity contribution in [2.75, 3.05) is 5.75 Å². The maximum atomic E-state index is 10.5. The minimum absolute atomic E-state index is 0.145. The van der Waals surface area contributed by atoms with Crippen LogP contribution in [-0.4, -0.2) is 18.7 Å². The zero-order valence-electron chi connectivity index (χ0n) is 7.29. The number of rotatable bonds is 4. The highest BCUT2D eigenvalue weighted by atomic mass is 32.2. The van der Waals surface area contributed by atoms with E-state index in [0.717, 1.165) is 12.8 Å². The van der Waals surface area contributed by atoms with Gasteiger partial charge in [-0.3, -0.25) is 4.55 Å². The first kappa shape index (κ1) is 10.9. The summed E-state index contributed by atoms with van der Waals surface area (Å²) in [4.78, 5) is 0. The Kier molecular flexibility index (Phi) is 3.51. The lowest BCUT2D eigenvalue weighted by Crippen LogP contribution is -2.23. The van der Waals surface area contributed by atoms with Gasteiger partial charge in [0.2, 0.25) is 0 Å². The maximum absolute atomic E-state index is 10.5. The molecule has 0 bridgehead atoms. The molecule has 0 saturated carbocycles. The molecule has 0 aliphatic heterocycles. The largest absolute Gasteiger partial charge is 0.286 e. The predicted octanol–water partition coefficient (Wildman–Crippen LogP) is 1.70. The van der Waals surface area contributed by atoms with E-state index in [1.54, 1.807) is 0 Å². The SMILES string of the molecule is CCCC(C)(C)CS(=O)(=O)O. The van der Waals surface area contributed by atoms with Crippen LogP contribution < -0.4 is 0 Å². The van der Waals surface area contributed by atoms with Crippen molar-refractivity contribution >= 4 is 10.1 Å². The second kappa shape index (κ2) is 3.54. The first-order valence-corrected chi connectivity index (χ1v) is 5.33. The quantitative estimate of drug-likeness (QED) is 0.670. The van der Waals surface area contributed by atoms with Gasteiger partial charge >= 0.3 is 0 Å². The molecule has 0 amide bonds. The van der Waals surface area contributed by atoms with Crippen LogP contribution >= 0.6 is 0 Å². The third-order valence-electron chi connectivity index (χ3n) is 1.50. The molecule has 4 heteroatoms. The Morgan fingerprint density at radius 1 is 1.36 bits per heavy atom. The highest BCUT2D eigenvalue weighted by Crippen LogP contribution is 2.23. The summed E-state index contributed by atoms with van der Waals surface area (Å²) >= 11 is 0. The van der Waals surface area contributed by atoms with Crippen LogP contribution in [0.4, 0.5) is 0 Å². The summed E-state index contributed by atoms with van der Waals surface area (Å²) in [6, 6.07) is 0. The van der Waals surface area contributed by atoms with Gasteiger partial charge in [-0.05, 0) is 11.8 Å².